The van der Waals surface area contributed by atoms with Crippen LogP contribution in [-0.4, -0.2) is 53.8 Å². The van der Waals surface area contributed by atoms with E-state index in [2.05, 4.69) is 82.6 Å². The van der Waals surface area contributed by atoms with E-state index in [1.807, 2.05) is 50.1 Å². The molecule has 2 saturated heterocycles. The zero-order chi connectivity index (χ0) is 26.5. The molecule has 5 heteroatoms. The predicted octanol–water partition coefficient (Wildman–Crippen LogP) is 6.01. The Morgan fingerprint density at radius 2 is 1.23 bits per heavy atom. The summed E-state index contributed by atoms with van der Waals surface area (Å²) >= 11 is 1.83. The van der Waals surface area contributed by atoms with Gasteiger partial charge in [-0.25, -0.2) is 0 Å². The lowest BCUT2D eigenvalue weighted by atomic mass is 9.55. The van der Waals surface area contributed by atoms with Gasteiger partial charge in [0.15, 0.2) is 17.1 Å². The van der Waals surface area contributed by atoms with Crippen molar-refractivity contribution in [3.63, 3.8) is 0 Å². The minimum atomic E-state index is -1.33. The molecule has 2 fully saturated rings. The summed E-state index contributed by atoms with van der Waals surface area (Å²) in [6, 6.07) is 33.3. The average Bonchev–Trinajstić information content (AvgIpc) is 3.68. The van der Waals surface area contributed by atoms with Crippen molar-refractivity contribution in [1.82, 2.24) is 4.90 Å². The molecule has 2 unspecified atom stereocenters. The second-order valence-electron chi connectivity index (χ2n) is 11.3. The van der Waals surface area contributed by atoms with Gasteiger partial charge in [0.1, 0.15) is 0 Å². The van der Waals surface area contributed by atoms with Crippen LogP contribution in [0.5, 0.6) is 0 Å². The summed E-state index contributed by atoms with van der Waals surface area (Å²) in [5.41, 5.74) is 5.70. The number of fused-ring (bicyclic) bond motifs is 9. The number of hydrogen-bond donors (Lipinski definition) is 0. The first kappa shape index (κ1) is 23.2. The van der Waals surface area contributed by atoms with E-state index >= 15 is 0 Å². The fraction of sp³-hybridized carbons (Fsp3) is 0.235. The van der Waals surface area contributed by atoms with E-state index in [9.17, 15) is 9.59 Å². The lowest BCUT2D eigenvalue weighted by molar-refractivity contribution is 0.0515. The van der Waals surface area contributed by atoms with Crippen molar-refractivity contribution < 1.29 is 9.59 Å². The van der Waals surface area contributed by atoms with Gasteiger partial charge in [-0.05, 0) is 39.9 Å². The van der Waals surface area contributed by atoms with Crippen molar-refractivity contribution in [1.29, 1.82) is 0 Å². The summed E-state index contributed by atoms with van der Waals surface area (Å²) in [7, 11) is 4.10. The molecule has 8 rings (SSSR count). The number of carbonyl (C=O) groups is 2. The highest BCUT2D eigenvalue weighted by atomic mass is 32.2. The topological polar surface area (TPSA) is 40.6 Å². The van der Waals surface area contributed by atoms with Crippen molar-refractivity contribution in [2.45, 2.75) is 22.9 Å². The summed E-state index contributed by atoms with van der Waals surface area (Å²) < 4.78 is 0. The molecule has 39 heavy (non-hydrogen) atoms. The van der Waals surface area contributed by atoms with E-state index < -0.39 is 11.0 Å². The summed E-state index contributed by atoms with van der Waals surface area (Å²) in [5.74, 6) is 1.37. The van der Waals surface area contributed by atoms with Crippen LogP contribution in [0.25, 0.3) is 11.1 Å². The number of anilines is 1. The van der Waals surface area contributed by atoms with Crippen LogP contribution in [0.15, 0.2) is 97.1 Å². The molecule has 4 nitrogen and oxygen atoms in total. The lowest BCUT2D eigenvalue weighted by Crippen LogP contribution is -2.64. The maximum atomic E-state index is 15.0. The van der Waals surface area contributed by atoms with Gasteiger partial charge in [-0.2, -0.15) is 0 Å². The first-order valence-electron chi connectivity index (χ1n) is 13.5. The molecule has 2 spiro atoms. The van der Waals surface area contributed by atoms with E-state index in [1.165, 1.54) is 5.56 Å². The molecular weight excluding hydrogens is 500 g/mol. The first-order valence-corrected chi connectivity index (χ1v) is 14.7. The molecule has 0 saturated carbocycles. The molecule has 0 aromatic heterocycles. The maximum absolute atomic E-state index is 15.0. The van der Waals surface area contributed by atoms with Crippen LogP contribution in [0.2, 0.25) is 0 Å². The van der Waals surface area contributed by atoms with Crippen molar-refractivity contribution in [2.24, 2.45) is 0 Å². The summed E-state index contributed by atoms with van der Waals surface area (Å²) in [6.45, 7) is 0. The lowest BCUT2D eigenvalue weighted by Gasteiger charge is -2.46. The Hall–Kier alpha value is -3.67. The van der Waals surface area contributed by atoms with E-state index in [0.29, 0.717) is 17.0 Å². The third-order valence-corrected chi connectivity index (χ3v) is 10.6. The molecule has 2 atom stereocenters. The zero-order valence-electron chi connectivity index (χ0n) is 21.9. The number of carbonyl (C=O) groups excluding carboxylic acids is 2. The highest BCUT2D eigenvalue weighted by Crippen LogP contribution is 2.70. The Morgan fingerprint density at radius 1 is 0.718 bits per heavy atom. The molecule has 4 aromatic rings. The number of thioether (sulfide) groups is 1. The summed E-state index contributed by atoms with van der Waals surface area (Å²) in [4.78, 5) is 34.4. The minimum absolute atomic E-state index is 0.0432. The van der Waals surface area contributed by atoms with E-state index in [-0.39, 0.29) is 23.5 Å². The van der Waals surface area contributed by atoms with Gasteiger partial charge in [-0.3, -0.25) is 14.5 Å². The zero-order valence-corrected chi connectivity index (χ0v) is 22.7. The van der Waals surface area contributed by atoms with E-state index in [1.54, 1.807) is 0 Å². The van der Waals surface area contributed by atoms with Crippen molar-refractivity contribution in [3.8, 4) is 11.1 Å². The molecule has 2 aliphatic heterocycles. The second kappa shape index (κ2) is 7.93. The fourth-order valence-electron chi connectivity index (χ4n) is 8.26. The van der Waals surface area contributed by atoms with Gasteiger partial charge in [0.2, 0.25) is 0 Å². The van der Waals surface area contributed by atoms with Crippen LogP contribution in [0.4, 0.5) is 5.69 Å². The third-order valence-electron chi connectivity index (χ3n) is 9.61. The van der Waals surface area contributed by atoms with Gasteiger partial charge in [-0.1, -0.05) is 84.9 Å². The number of rotatable bonds is 2. The minimum Gasteiger partial charge on any atom is -0.378 e. The number of benzene rings is 4. The van der Waals surface area contributed by atoms with Gasteiger partial charge in [0.05, 0.1) is 5.41 Å². The third kappa shape index (κ3) is 2.56. The fourth-order valence-corrected chi connectivity index (χ4v) is 9.56. The highest BCUT2D eigenvalue weighted by Gasteiger charge is 2.80. The molecule has 0 amide bonds. The Kier molecular flexibility index (Phi) is 4.73. The Bertz CT molecular complexity index is 1610. The van der Waals surface area contributed by atoms with E-state index in [0.717, 1.165) is 33.7 Å². The monoisotopic (exact) mass is 528 g/mol. The van der Waals surface area contributed by atoms with Crippen LogP contribution in [0.1, 0.15) is 43.3 Å². The Labute approximate surface area is 232 Å². The molecule has 0 radical (unpaired) electrons. The second-order valence-corrected chi connectivity index (χ2v) is 12.3. The standard InChI is InChI=1S/C34H28N2O2S/c1-35(2)22-17-15-21(16-18-22)30-29-19-39-20-36(29)34(31(37)25-11-3-4-12-26(25)32(34)38)33(30)27-13-7-5-9-23(27)24-10-6-8-14-28(24)33/h3-18,29-30H,19-20H2,1-2H3. The van der Waals surface area contributed by atoms with Crippen LogP contribution >= 0.6 is 11.8 Å². The highest BCUT2D eigenvalue weighted by molar-refractivity contribution is 7.99. The molecular formula is C34H28N2O2S. The van der Waals surface area contributed by atoms with Gasteiger partial charge in [0, 0.05) is 54.5 Å². The van der Waals surface area contributed by atoms with Crippen LogP contribution < -0.4 is 4.90 Å². The molecule has 2 aliphatic carbocycles. The quantitative estimate of drug-likeness (QED) is 0.298. The Balaban J connectivity index is 1.53. The van der Waals surface area contributed by atoms with Gasteiger partial charge in [-0.15, -0.1) is 11.8 Å². The number of nitrogens with zero attached hydrogens (tertiary/aromatic N) is 2. The number of Topliss-reactive ketones (excluding diaryl/α,β-unsaturated/α-hetero) is 2. The molecule has 192 valence electrons. The van der Waals surface area contributed by atoms with Crippen molar-refractivity contribution in [3.05, 3.63) is 125 Å². The van der Waals surface area contributed by atoms with Crippen LogP contribution in [-0.2, 0) is 5.41 Å². The SMILES string of the molecule is CN(C)c1ccc(C2C3CSCN3C3(C(=O)c4ccccc4C3=O)C23c2ccccc2-c2ccccc23)cc1. The average molecular weight is 529 g/mol. The van der Waals surface area contributed by atoms with Gasteiger partial charge in [0.25, 0.3) is 0 Å². The van der Waals surface area contributed by atoms with E-state index in [4.69, 9.17) is 0 Å². The first-order chi connectivity index (χ1) is 19.0. The number of hydrogen-bond acceptors (Lipinski definition) is 5. The van der Waals surface area contributed by atoms with Crippen molar-refractivity contribution in [2.75, 3.05) is 30.6 Å². The largest absolute Gasteiger partial charge is 0.378 e. The maximum Gasteiger partial charge on any atom is 0.193 e. The van der Waals surface area contributed by atoms with Gasteiger partial charge < -0.3 is 4.90 Å². The molecule has 4 aliphatic rings. The smallest absolute Gasteiger partial charge is 0.193 e. The van der Waals surface area contributed by atoms with Gasteiger partial charge >= 0.3 is 0 Å². The molecule has 2 heterocycles. The predicted molar refractivity (Wildman–Crippen MR) is 157 cm³/mol. The van der Waals surface area contributed by atoms with Crippen molar-refractivity contribution >= 4 is 29.0 Å². The molecule has 0 N–H and O–H groups in total. The Morgan fingerprint density at radius 3 is 1.77 bits per heavy atom. The molecule has 4 aromatic carbocycles. The number of ketones is 2. The molecule has 0 bridgehead atoms. The van der Waals surface area contributed by atoms with Crippen LogP contribution in [0.3, 0.4) is 0 Å². The summed E-state index contributed by atoms with van der Waals surface area (Å²) in [6.07, 6.45) is 0. The summed E-state index contributed by atoms with van der Waals surface area (Å²) in [5, 5.41) is 0. The normalized spacial score (nSPS) is 23.2. The van der Waals surface area contributed by atoms with Crippen LogP contribution in [0, 0.1) is 0 Å².